The van der Waals surface area contributed by atoms with Gasteiger partial charge in [0.15, 0.2) is 0 Å². The third kappa shape index (κ3) is 3.22. The Morgan fingerprint density at radius 1 is 1.24 bits per heavy atom. The van der Waals surface area contributed by atoms with E-state index in [0.717, 1.165) is 24.6 Å². The van der Waals surface area contributed by atoms with Crippen molar-refractivity contribution in [1.82, 2.24) is 20.1 Å². The maximum Gasteiger partial charge on any atom is 0.149 e. The van der Waals surface area contributed by atoms with Gasteiger partial charge < -0.3 is 9.88 Å². The fraction of sp³-hybridized carbons (Fsp3) is 0.600. The van der Waals surface area contributed by atoms with Gasteiger partial charge in [-0.15, -0.1) is 21.5 Å². The van der Waals surface area contributed by atoms with Gasteiger partial charge in [-0.05, 0) is 54.1 Å². The maximum atomic E-state index is 4.44. The molecule has 0 amide bonds. The molecule has 4 nitrogen and oxygen atoms in total. The van der Waals surface area contributed by atoms with Crippen molar-refractivity contribution in [2.75, 3.05) is 0 Å². The molecule has 114 valence electrons. The highest BCUT2D eigenvalue weighted by Crippen LogP contribution is 2.30. The molecule has 21 heavy (non-hydrogen) atoms. The van der Waals surface area contributed by atoms with E-state index in [1.54, 1.807) is 11.3 Å². The number of aryl methyl sites for hydroxylation is 1. The van der Waals surface area contributed by atoms with E-state index in [1.807, 2.05) is 0 Å². The second-order valence-corrected chi connectivity index (χ2v) is 7.48. The van der Waals surface area contributed by atoms with E-state index >= 15 is 0 Å². The molecule has 2 aromatic rings. The minimum Gasteiger partial charge on any atom is -0.314 e. The molecule has 3 rings (SSSR count). The van der Waals surface area contributed by atoms with Crippen molar-refractivity contribution >= 4 is 27.3 Å². The van der Waals surface area contributed by atoms with E-state index < -0.39 is 0 Å². The Hall–Kier alpha value is -0.720. The maximum absolute atomic E-state index is 4.44. The first-order valence-electron chi connectivity index (χ1n) is 7.57. The van der Waals surface area contributed by atoms with Crippen LogP contribution in [0.15, 0.2) is 15.9 Å². The summed E-state index contributed by atoms with van der Waals surface area (Å²) in [6.45, 7) is 5.44. The van der Waals surface area contributed by atoms with Crippen LogP contribution in [0, 0.1) is 0 Å². The minimum atomic E-state index is 0.202. The zero-order chi connectivity index (χ0) is 14.8. The number of halogens is 1. The van der Waals surface area contributed by atoms with Crippen molar-refractivity contribution in [3.8, 4) is 0 Å². The first-order valence-corrected chi connectivity index (χ1v) is 9.25. The van der Waals surface area contributed by atoms with E-state index in [2.05, 4.69) is 61.3 Å². The Bertz CT molecular complexity index is 607. The van der Waals surface area contributed by atoms with Crippen LogP contribution >= 0.6 is 27.3 Å². The number of nitrogens with zero attached hydrogens (tertiary/aromatic N) is 3. The topological polar surface area (TPSA) is 42.7 Å². The van der Waals surface area contributed by atoms with Crippen LogP contribution in [0.25, 0.3) is 0 Å². The number of nitrogens with one attached hydrogen (secondary N) is 1. The third-order valence-electron chi connectivity index (χ3n) is 4.06. The Morgan fingerprint density at radius 2 is 2.10 bits per heavy atom. The van der Waals surface area contributed by atoms with Gasteiger partial charge in [-0.25, -0.2) is 0 Å². The fourth-order valence-electron chi connectivity index (χ4n) is 2.97. The molecular weight excluding hydrogens is 348 g/mol. The van der Waals surface area contributed by atoms with Crippen LogP contribution in [0.3, 0.4) is 0 Å². The van der Waals surface area contributed by atoms with Crippen LogP contribution in [0.2, 0.25) is 0 Å². The van der Waals surface area contributed by atoms with Gasteiger partial charge in [0.25, 0.3) is 0 Å². The standard InChI is InChI=1S/C15H21BrN4S/c1-10(14-12(16)7-9-21-14)17-11(2)15-19-18-13-6-4-3-5-8-20(13)15/h7,9-11,17H,3-6,8H2,1-2H3. The normalized spacial score (nSPS) is 18.0. The summed E-state index contributed by atoms with van der Waals surface area (Å²) in [5.41, 5.74) is 0. The van der Waals surface area contributed by atoms with Crippen LogP contribution < -0.4 is 5.32 Å². The molecule has 3 heterocycles. The molecular formula is C15H21BrN4S. The van der Waals surface area contributed by atoms with Crippen molar-refractivity contribution in [1.29, 1.82) is 0 Å². The summed E-state index contributed by atoms with van der Waals surface area (Å²) in [7, 11) is 0. The van der Waals surface area contributed by atoms with Gasteiger partial charge in [0.1, 0.15) is 11.6 Å². The van der Waals surface area contributed by atoms with Crippen molar-refractivity contribution in [3.05, 3.63) is 32.4 Å². The van der Waals surface area contributed by atoms with Crippen molar-refractivity contribution < 1.29 is 0 Å². The molecule has 1 aliphatic rings. The molecule has 1 N–H and O–H groups in total. The highest BCUT2D eigenvalue weighted by molar-refractivity contribution is 9.10. The predicted octanol–water partition coefficient (Wildman–Crippen LogP) is 4.24. The number of hydrogen-bond acceptors (Lipinski definition) is 4. The summed E-state index contributed by atoms with van der Waals surface area (Å²) >= 11 is 5.39. The zero-order valence-corrected chi connectivity index (χ0v) is 14.9. The fourth-order valence-corrected chi connectivity index (χ4v) is 4.70. The lowest BCUT2D eigenvalue weighted by Gasteiger charge is -2.20. The molecule has 0 aromatic carbocycles. The van der Waals surface area contributed by atoms with Crippen LogP contribution in [-0.2, 0) is 13.0 Å². The van der Waals surface area contributed by atoms with Crippen LogP contribution in [0.1, 0.15) is 61.7 Å². The number of rotatable bonds is 4. The van der Waals surface area contributed by atoms with Crippen LogP contribution in [0.4, 0.5) is 0 Å². The molecule has 0 fully saturated rings. The van der Waals surface area contributed by atoms with E-state index in [9.17, 15) is 0 Å². The second kappa shape index (κ2) is 6.58. The first-order chi connectivity index (χ1) is 10.2. The van der Waals surface area contributed by atoms with E-state index in [4.69, 9.17) is 0 Å². The van der Waals surface area contributed by atoms with Crippen molar-refractivity contribution in [2.24, 2.45) is 0 Å². The van der Waals surface area contributed by atoms with Gasteiger partial charge in [-0.3, -0.25) is 0 Å². The Labute approximate surface area is 138 Å². The van der Waals surface area contributed by atoms with E-state index in [-0.39, 0.29) is 6.04 Å². The molecule has 0 spiro atoms. The van der Waals surface area contributed by atoms with Crippen LogP contribution in [0.5, 0.6) is 0 Å². The SMILES string of the molecule is CC(NC(C)c1nnc2n1CCCCC2)c1sccc1Br. The van der Waals surface area contributed by atoms with Gasteiger partial charge >= 0.3 is 0 Å². The number of thiophene rings is 1. The van der Waals surface area contributed by atoms with Gasteiger partial charge in [0.2, 0.25) is 0 Å². The molecule has 2 unspecified atom stereocenters. The summed E-state index contributed by atoms with van der Waals surface area (Å²) < 4.78 is 3.50. The van der Waals surface area contributed by atoms with E-state index in [0.29, 0.717) is 6.04 Å². The van der Waals surface area contributed by atoms with Crippen molar-refractivity contribution in [3.63, 3.8) is 0 Å². The molecule has 2 aromatic heterocycles. The smallest absolute Gasteiger partial charge is 0.149 e. The highest BCUT2D eigenvalue weighted by atomic mass is 79.9. The van der Waals surface area contributed by atoms with Gasteiger partial charge in [-0.1, -0.05) is 6.42 Å². The van der Waals surface area contributed by atoms with Crippen LogP contribution in [-0.4, -0.2) is 14.8 Å². The molecule has 0 saturated carbocycles. The quantitative estimate of drug-likeness (QED) is 0.877. The minimum absolute atomic E-state index is 0.202. The molecule has 6 heteroatoms. The largest absolute Gasteiger partial charge is 0.314 e. The molecule has 0 saturated heterocycles. The van der Waals surface area contributed by atoms with Gasteiger partial charge in [0, 0.05) is 28.4 Å². The summed E-state index contributed by atoms with van der Waals surface area (Å²) in [6.07, 6.45) is 4.82. The average molecular weight is 369 g/mol. The van der Waals surface area contributed by atoms with Gasteiger partial charge in [-0.2, -0.15) is 0 Å². The number of hydrogen-bond donors (Lipinski definition) is 1. The average Bonchev–Trinajstić information content (AvgIpc) is 2.99. The molecule has 1 aliphatic heterocycles. The summed E-state index contributed by atoms with van der Waals surface area (Å²) in [6, 6.07) is 2.60. The molecule has 0 aliphatic carbocycles. The van der Waals surface area contributed by atoms with Gasteiger partial charge in [0.05, 0.1) is 6.04 Å². The second-order valence-electron chi connectivity index (χ2n) is 5.68. The lowest BCUT2D eigenvalue weighted by Crippen LogP contribution is -2.25. The first kappa shape index (κ1) is 15.2. The third-order valence-corrected chi connectivity index (χ3v) is 6.12. The summed E-state index contributed by atoms with van der Waals surface area (Å²) in [5.74, 6) is 2.23. The molecule has 0 bridgehead atoms. The molecule has 0 radical (unpaired) electrons. The monoisotopic (exact) mass is 368 g/mol. The predicted molar refractivity (Wildman–Crippen MR) is 89.6 cm³/mol. The van der Waals surface area contributed by atoms with Crippen molar-refractivity contribution in [2.45, 2.75) is 58.2 Å². The summed E-state index contributed by atoms with van der Waals surface area (Å²) in [5, 5.41) is 14.6. The Morgan fingerprint density at radius 3 is 2.86 bits per heavy atom. The lowest BCUT2D eigenvalue weighted by atomic mass is 10.2. The lowest BCUT2D eigenvalue weighted by molar-refractivity contribution is 0.456. The van der Waals surface area contributed by atoms with E-state index in [1.165, 1.54) is 28.6 Å². The summed E-state index contributed by atoms with van der Waals surface area (Å²) in [4.78, 5) is 1.33. The molecule has 2 atom stereocenters. The number of aromatic nitrogens is 3. The zero-order valence-electron chi connectivity index (χ0n) is 12.5. The number of fused-ring (bicyclic) bond motifs is 1. The Kier molecular flexibility index (Phi) is 4.76. The Balaban J connectivity index is 1.75. The highest BCUT2D eigenvalue weighted by Gasteiger charge is 2.21.